The monoisotopic (exact) mass is 284 g/mol. The minimum absolute atomic E-state index is 0.214. The minimum atomic E-state index is -0.943. The highest BCUT2D eigenvalue weighted by molar-refractivity contribution is 5.93. The topological polar surface area (TPSA) is 72.9 Å². The zero-order valence-electron chi connectivity index (χ0n) is 12.1. The number of fused-ring (bicyclic) bond motifs is 1. The lowest BCUT2D eigenvalue weighted by Gasteiger charge is -2.09. The van der Waals surface area contributed by atoms with Crippen LogP contribution in [0.2, 0.25) is 0 Å². The highest BCUT2D eigenvalue weighted by atomic mass is 16.4. The van der Waals surface area contributed by atoms with Crippen LogP contribution in [0.1, 0.15) is 35.9 Å². The molecule has 0 aliphatic heterocycles. The van der Waals surface area contributed by atoms with E-state index in [1.54, 1.807) is 29.1 Å². The Labute approximate surface area is 121 Å². The number of hydrogen-bond donors (Lipinski definition) is 1. The molecular weight excluding hydrogens is 268 g/mol. The summed E-state index contributed by atoms with van der Waals surface area (Å²) in [5, 5.41) is 13.4. The van der Waals surface area contributed by atoms with E-state index >= 15 is 0 Å². The molecule has 0 spiro atoms. The SMILES string of the molecule is CC(C)c1nc2ccc(C(=O)O)cc2n1-c1cnn(C)c1. The molecular formula is C15H16N4O2. The number of nitrogens with zero attached hydrogens (tertiary/aromatic N) is 4. The van der Waals surface area contributed by atoms with Gasteiger partial charge in [0.1, 0.15) is 5.82 Å². The summed E-state index contributed by atoms with van der Waals surface area (Å²) in [4.78, 5) is 15.8. The number of carboxylic acids is 1. The predicted molar refractivity (Wildman–Crippen MR) is 78.9 cm³/mol. The standard InChI is InChI=1S/C15H16N4O2/c1-9(2)14-17-12-5-4-10(15(20)21)6-13(12)19(14)11-7-16-18(3)8-11/h4-9H,1-3H3,(H,20,21). The fourth-order valence-electron chi connectivity index (χ4n) is 2.41. The highest BCUT2D eigenvalue weighted by Gasteiger charge is 2.17. The van der Waals surface area contributed by atoms with Crippen LogP contribution in [-0.2, 0) is 7.05 Å². The summed E-state index contributed by atoms with van der Waals surface area (Å²) in [5.74, 6) is 0.161. The van der Waals surface area contributed by atoms with E-state index in [0.29, 0.717) is 0 Å². The minimum Gasteiger partial charge on any atom is -0.478 e. The molecule has 1 aromatic carbocycles. The van der Waals surface area contributed by atoms with Crippen molar-refractivity contribution in [3.05, 3.63) is 42.0 Å². The Hall–Kier alpha value is -2.63. The second kappa shape index (κ2) is 4.73. The second-order valence-electron chi connectivity index (χ2n) is 5.34. The maximum atomic E-state index is 11.2. The van der Waals surface area contributed by atoms with Gasteiger partial charge < -0.3 is 5.11 Å². The molecule has 21 heavy (non-hydrogen) atoms. The quantitative estimate of drug-likeness (QED) is 0.802. The van der Waals surface area contributed by atoms with Gasteiger partial charge in [-0.3, -0.25) is 9.25 Å². The van der Waals surface area contributed by atoms with Crippen molar-refractivity contribution in [2.45, 2.75) is 19.8 Å². The van der Waals surface area contributed by atoms with Gasteiger partial charge >= 0.3 is 5.97 Å². The van der Waals surface area contributed by atoms with E-state index in [2.05, 4.69) is 23.9 Å². The molecule has 0 radical (unpaired) electrons. The smallest absolute Gasteiger partial charge is 0.335 e. The zero-order chi connectivity index (χ0) is 15.1. The molecule has 1 N–H and O–H groups in total. The molecule has 0 unspecified atom stereocenters. The van der Waals surface area contributed by atoms with E-state index in [0.717, 1.165) is 22.5 Å². The number of aromatic nitrogens is 4. The van der Waals surface area contributed by atoms with Crippen molar-refractivity contribution in [1.82, 2.24) is 19.3 Å². The number of imidazole rings is 1. The van der Waals surface area contributed by atoms with Crippen LogP contribution >= 0.6 is 0 Å². The molecule has 6 heteroatoms. The molecule has 2 heterocycles. The number of aromatic carboxylic acids is 1. The fourth-order valence-corrected chi connectivity index (χ4v) is 2.41. The van der Waals surface area contributed by atoms with Crippen molar-refractivity contribution in [3.8, 4) is 5.69 Å². The van der Waals surface area contributed by atoms with Gasteiger partial charge in [0, 0.05) is 19.2 Å². The lowest BCUT2D eigenvalue weighted by atomic mass is 10.2. The van der Waals surface area contributed by atoms with Gasteiger partial charge in [-0.15, -0.1) is 0 Å². The third-order valence-corrected chi connectivity index (χ3v) is 3.39. The van der Waals surface area contributed by atoms with Crippen molar-refractivity contribution in [3.63, 3.8) is 0 Å². The molecule has 0 aliphatic rings. The van der Waals surface area contributed by atoms with Gasteiger partial charge in [-0.05, 0) is 18.2 Å². The molecule has 108 valence electrons. The van der Waals surface area contributed by atoms with E-state index < -0.39 is 5.97 Å². The maximum absolute atomic E-state index is 11.2. The molecule has 3 aromatic rings. The summed E-state index contributed by atoms with van der Waals surface area (Å²) in [5.41, 5.74) is 2.70. The first-order valence-electron chi connectivity index (χ1n) is 6.72. The summed E-state index contributed by atoms with van der Waals surface area (Å²) >= 11 is 0. The van der Waals surface area contributed by atoms with Crippen molar-refractivity contribution >= 4 is 17.0 Å². The van der Waals surface area contributed by atoms with E-state index in [4.69, 9.17) is 0 Å². The molecule has 0 saturated heterocycles. The number of carbonyl (C=O) groups is 1. The summed E-state index contributed by atoms with van der Waals surface area (Å²) < 4.78 is 3.69. The van der Waals surface area contributed by atoms with Crippen LogP contribution in [0.4, 0.5) is 0 Å². The first kappa shape index (κ1) is 13.4. The average molecular weight is 284 g/mol. The van der Waals surface area contributed by atoms with Gasteiger partial charge in [0.2, 0.25) is 0 Å². The fraction of sp³-hybridized carbons (Fsp3) is 0.267. The average Bonchev–Trinajstić information content (AvgIpc) is 3.00. The van der Waals surface area contributed by atoms with Crippen LogP contribution in [0.25, 0.3) is 16.7 Å². The normalized spacial score (nSPS) is 11.4. The molecule has 6 nitrogen and oxygen atoms in total. The van der Waals surface area contributed by atoms with Gasteiger partial charge in [0.05, 0.1) is 28.5 Å². The summed E-state index contributed by atoms with van der Waals surface area (Å²) in [6.07, 6.45) is 3.64. The van der Waals surface area contributed by atoms with Gasteiger partial charge in [-0.1, -0.05) is 13.8 Å². The van der Waals surface area contributed by atoms with Crippen LogP contribution < -0.4 is 0 Å². The van der Waals surface area contributed by atoms with Crippen molar-refractivity contribution in [2.24, 2.45) is 7.05 Å². The van der Waals surface area contributed by atoms with Crippen LogP contribution in [-0.4, -0.2) is 30.4 Å². The van der Waals surface area contributed by atoms with Crippen LogP contribution in [0.3, 0.4) is 0 Å². The Morgan fingerprint density at radius 1 is 1.33 bits per heavy atom. The number of benzene rings is 1. The van der Waals surface area contributed by atoms with E-state index in [-0.39, 0.29) is 11.5 Å². The Morgan fingerprint density at radius 3 is 2.67 bits per heavy atom. The van der Waals surface area contributed by atoms with Gasteiger partial charge in [0.15, 0.2) is 0 Å². The lowest BCUT2D eigenvalue weighted by Crippen LogP contribution is -2.03. The Bertz CT molecular complexity index is 829. The Morgan fingerprint density at radius 2 is 2.10 bits per heavy atom. The molecule has 0 aliphatic carbocycles. The van der Waals surface area contributed by atoms with E-state index in [9.17, 15) is 9.90 Å². The summed E-state index contributed by atoms with van der Waals surface area (Å²) in [6.45, 7) is 4.12. The van der Waals surface area contributed by atoms with E-state index in [1.165, 1.54) is 0 Å². The van der Waals surface area contributed by atoms with Gasteiger partial charge in [-0.25, -0.2) is 9.78 Å². The van der Waals surface area contributed by atoms with E-state index in [1.807, 2.05) is 17.8 Å². The summed E-state index contributed by atoms with van der Waals surface area (Å²) in [6, 6.07) is 4.98. The third kappa shape index (κ3) is 2.18. The molecule has 0 bridgehead atoms. The van der Waals surface area contributed by atoms with Crippen LogP contribution in [0.15, 0.2) is 30.6 Å². The molecule has 0 fully saturated rings. The van der Waals surface area contributed by atoms with Crippen molar-refractivity contribution in [1.29, 1.82) is 0 Å². The van der Waals surface area contributed by atoms with Crippen LogP contribution in [0.5, 0.6) is 0 Å². The van der Waals surface area contributed by atoms with Crippen molar-refractivity contribution in [2.75, 3.05) is 0 Å². The largest absolute Gasteiger partial charge is 0.478 e. The first-order chi connectivity index (χ1) is 9.97. The van der Waals surface area contributed by atoms with Crippen molar-refractivity contribution < 1.29 is 9.90 Å². The lowest BCUT2D eigenvalue weighted by molar-refractivity contribution is 0.0697. The number of aryl methyl sites for hydroxylation is 1. The highest BCUT2D eigenvalue weighted by Crippen LogP contribution is 2.26. The predicted octanol–water partition coefficient (Wildman–Crippen LogP) is 2.58. The van der Waals surface area contributed by atoms with Gasteiger partial charge in [0.25, 0.3) is 0 Å². The third-order valence-electron chi connectivity index (χ3n) is 3.39. The first-order valence-corrected chi connectivity index (χ1v) is 6.72. The molecule has 0 atom stereocenters. The number of hydrogen-bond acceptors (Lipinski definition) is 3. The second-order valence-corrected chi connectivity index (χ2v) is 5.34. The number of carboxylic acid groups (broad SMARTS) is 1. The Kier molecular flexibility index (Phi) is 3.01. The molecule has 3 rings (SSSR count). The maximum Gasteiger partial charge on any atom is 0.335 e. The van der Waals surface area contributed by atoms with Crippen LogP contribution in [0, 0.1) is 0 Å². The zero-order valence-corrected chi connectivity index (χ0v) is 12.1. The molecule has 0 saturated carbocycles. The summed E-state index contributed by atoms with van der Waals surface area (Å²) in [7, 11) is 1.85. The van der Waals surface area contributed by atoms with Gasteiger partial charge in [-0.2, -0.15) is 5.10 Å². The molecule has 0 amide bonds. The Balaban J connectivity index is 2.34. The number of rotatable bonds is 3. The molecule has 2 aromatic heterocycles.